The second-order valence-corrected chi connectivity index (χ2v) is 7.39. The summed E-state index contributed by atoms with van der Waals surface area (Å²) in [6, 6.07) is 4.32. The van der Waals surface area contributed by atoms with Gasteiger partial charge < -0.3 is 19.5 Å². The number of anilines is 2. The number of fused-ring (bicyclic) bond motifs is 1. The van der Waals surface area contributed by atoms with Crippen LogP contribution in [-0.2, 0) is 23.8 Å². The number of terminal acetylenes is 1. The minimum Gasteiger partial charge on any atom is -0.455 e. The van der Waals surface area contributed by atoms with E-state index in [4.69, 9.17) is 20.6 Å². The van der Waals surface area contributed by atoms with Crippen LogP contribution in [0.1, 0.15) is 25.6 Å². The first kappa shape index (κ1) is 22.2. The molecule has 1 aromatic carbocycles. The molecule has 0 saturated carbocycles. The van der Waals surface area contributed by atoms with Gasteiger partial charge in [0.2, 0.25) is 0 Å². The molecule has 0 amide bonds. The van der Waals surface area contributed by atoms with Crippen LogP contribution in [0, 0.1) is 25.1 Å². The number of aromatic nitrogens is 4. The number of imidazole rings is 1. The minimum absolute atomic E-state index is 0.351. The lowest BCUT2D eigenvalue weighted by atomic mass is 10.1. The summed E-state index contributed by atoms with van der Waals surface area (Å²) in [5.41, 5.74) is 2.06. The van der Waals surface area contributed by atoms with Gasteiger partial charge in [0.25, 0.3) is 0 Å². The molecular formula is C22H20FN5O5. The molecule has 4 atom stereocenters. The molecule has 170 valence electrons. The summed E-state index contributed by atoms with van der Waals surface area (Å²) in [5.74, 6) is 1.24. The average Bonchev–Trinajstić information content (AvgIpc) is 3.31. The largest absolute Gasteiger partial charge is 0.455 e. The van der Waals surface area contributed by atoms with Crippen molar-refractivity contribution in [3.8, 4) is 12.3 Å². The first-order chi connectivity index (χ1) is 15.8. The Morgan fingerprint density at radius 2 is 1.91 bits per heavy atom. The first-order valence-corrected chi connectivity index (χ1v) is 9.95. The zero-order chi connectivity index (χ0) is 23.7. The molecule has 0 aliphatic carbocycles. The highest BCUT2D eigenvalue weighted by Crippen LogP contribution is 2.36. The zero-order valence-electron chi connectivity index (χ0n) is 18.0. The smallest absolute Gasteiger partial charge is 0.303 e. The lowest BCUT2D eigenvalue weighted by Crippen LogP contribution is -2.38. The molecule has 33 heavy (non-hydrogen) atoms. The van der Waals surface area contributed by atoms with E-state index < -0.39 is 36.5 Å². The Morgan fingerprint density at radius 3 is 2.58 bits per heavy atom. The lowest BCUT2D eigenvalue weighted by Gasteiger charge is -2.23. The summed E-state index contributed by atoms with van der Waals surface area (Å²) in [7, 11) is 0. The molecule has 0 unspecified atom stereocenters. The van der Waals surface area contributed by atoms with E-state index in [0.29, 0.717) is 28.2 Å². The van der Waals surface area contributed by atoms with Crippen LogP contribution in [0.25, 0.3) is 11.2 Å². The Labute approximate surface area is 188 Å². The number of carbonyl (C=O) groups excluding carboxylic acids is 2. The maximum absolute atomic E-state index is 13.4. The second kappa shape index (κ2) is 8.84. The Balaban J connectivity index is 1.73. The maximum atomic E-state index is 13.4. The molecule has 10 nitrogen and oxygen atoms in total. The minimum atomic E-state index is -1.03. The van der Waals surface area contributed by atoms with Crippen molar-refractivity contribution in [1.29, 1.82) is 0 Å². The number of nitrogens with one attached hydrogen (secondary N) is 1. The fraction of sp³-hybridized carbons (Fsp3) is 0.318. The van der Waals surface area contributed by atoms with Crippen LogP contribution in [-0.4, -0.2) is 49.8 Å². The third-order valence-corrected chi connectivity index (χ3v) is 5.03. The standard InChI is InChI=1S/C22H20FN5O5/c1-5-16-18(31-12(3)29)19(32-13(4)30)22(33-16)28-10-26-17-20(24-9-25-21(17)28)27-15-7-6-14(23)8-11(15)2/h1,6-10,16,18-19,22H,2-4H3,(H,24,25,27)/t16-,18-,19-,22-/m1/s1. The number of nitrogens with zero attached hydrogens (tertiary/aromatic N) is 4. The molecule has 1 N–H and O–H groups in total. The van der Waals surface area contributed by atoms with Gasteiger partial charge in [-0.15, -0.1) is 6.42 Å². The van der Waals surface area contributed by atoms with E-state index in [1.807, 2.05) is 0 Å². The molecule has 3 heterocycles. The zero-order valence-corrected chi connectivity index (χ0v) is 18.0. The van der Waals surface area contributed by atoms with Gasteiger partial charge in [0, 0.05) is 19.5 Å². The van der Waals surface area contributed by atoms with Crippen molar-refractivity contribution in [3.05, 3.63) is 42.2 Å². The summed E-state index contributed by atoms with van der Waals surface area (Å²) < 4.78 is 31.6. The number of hydrogen-bond acceptors (Lipinski definition) is 9. The van der Waals surface area contributed by atoms with Crippen LogP contribution in [0.2, 0.25) is 0 Å². The van der Waals surface area contributed by atoms with Crippen molar-refractivity contribution in [2.24, 2.45) is 0 Å². The van der Waals surface area contributed by atoms with Crippen molar-refractivity contribution in [1.82, 2.24) is 19.5 Å². The first-order valence-electron chi connectivity index (χ1n) is 9.95. The van der Waals surface area contributed by atoms with Crippen molar-refractivity contribution < 1.29 is 28.2 Å². The Morgan fingerprint density at radius 1 is 1.18 bits per heavy atom. The Bertz CT molecular complexity index is 1270. The molecule has 0 bridgehead atoms. The predicted octanol–water partition coefficient (Wildman–Crippen LogP) is 2.41. The summed E-state index contributed by atoms with van der Waals surface area (Å²) in [6.07, 6.45) is 4.36. The molecule has 2 aromatic heterocycles. The van der Waals surface area contributed by atoms with E-state index in [0.717, 1.165) is 0 Å². The van der Waals surface area contributed by atoms with Gasteiger partial charge in [-0.05, 0) is 30.7 Å². The average molecular weight is 453 g/mol. The van der Waals surface area contributed by atoms with Gasteiger partial charge in [0.1, 0.15) is 12.1 Å². The third-order valence-electron chi connectivity index (χ3n) is 5.03. The molecule has 1 fully saturated rings. The topological polar surface area (TPSA) is 117 Å². The van der Waals surface area contributed by atoms with Gasteiger partial charge in [-0.3, -0.25) is 14.2 Å². The molecule has 4 rings (SSSR count). The number of halogens is 1. The highest BCUT2D eigenvalue weighted by molar-refractivity contribution is 5.85. The highest BCUT2D eigenvalue weighted by atomic mass is 19.1. The number of rotatable bonds is 5. The highest BCUT2D eigenvalue weighted by Gasteiger charge is 2.50. The third kappa shape index (κ3) is 4.33. The second-order valence-electron chi connectivity index (χ2n) is 7.39. The van der Waals surface area contributed by atoms with E-state index in [1.54, 1.807) is 13.0 Å². The van der Waals surface area contributed by atoms with Crippen molar-refractivity contribution >= 4 is 34.6 Å². The summed E-state index contributed by atoms with van der Waals surface area (Å²) >= 11 is 0. The van der Waals surface area contributed by atoms with Crippen LogP contribution < -0.4 is 5.32 Å². The molecular weight excluding hydrogens is 433 g/mol. The molecule has 3 aromatic rings. The fourth-order valence-corrected chi connectivity index (χ4v) is 3.66. The number of carbonyl (C=O) groups is 2. The molecule has 11 heteroatoms. The molecule has 0 spiro atoms. The van der Waals surface area contributed by atoms with E-state index in [9.17, 15) is 14.0 Å². The van der Waals surface area contributed by atoms with Gasteiger partial charge >= 0.3 is 11.9 Å². The molecule has 1 aliphatic rings. The number of esters is 2. The number of hydrogen-bond donors (Lipinski definition) is 1. The summed E-state index contributed by atoms with van der Waals surface area (Å²) in [6.45, 7) is 4.21. The molecule has 0 radical (unpaired) electrons. The van der Waals surface area contributed by atoms with Crippen LogP contribution in [0.5, 0.6) is 0 Å². The van der Waals surface area contributed by atoms with Crippen LogP contribution >= 0.6 is 0 Å². The Hall–Kier alpha value is -4.04. The van der Waals surface area contributed by atoms with Crippen molar-refractivity contribution in [2.45, 2.75) is 45.3 Å². The van der Waals surface area contributed by atoms with E-state index in [2.05, 4.69) is 26.2 Å². The fourth-order valence-electron chi connectivity index (χ4n) is 3.66. The SMILES string of the molecule is C#C[C@H]1O[C@@H](n2cnc3c(Nc4ccc(F)cc4C)ncnc32)[C@H](OC(C)=O)[C@@H]1OC(C)=O. The van der Waals surface area contributed by atoms with Gasteiger partial charge in [0.05, 0.1) is 6.33 Å². The maximum Gasteiger partial charge on any atom is 0.303 e. The van der Waals surface area contributed by atoms with Crippen LogP contribution in [0.15, 0.2) is 30.9 Å². The van der Waals surface area contributed by atoms with E-state index in [1.165, 1.54) is 43.2 Å². The number of benzene rings is 1. The monoisotopic (exact) mass is 453 g/mol. The lowest BCUT2D eigenvalue weighted by molar-refractivity contribution is -0.165. The number of ether oxygens (including phenoxy) is 3. The van der Waals surface area contributed by atoms with Gasteiger partial charge in [0.15, 0.2) is 41.5 Å². The van der Waals surface area contributed by atoms with E-state index in [-0.39, 0.29) is 5.82 Å². The molecule has 1 aliphatic heterocycles. The van der Waals surface area contributed by atoms with Gasteiger partial charge in [-0.1, -0.05) is 5.92 Å². The quantitative estimate of drug-likeness (QED) is 0.459. The van der Waals surface area contributed by atoms with Gasteiger partial charge in [-0.2, -0.15) is 0 Å². The van der Waals surface area contributed by atoms with Crippen LogP contribution in [0.4, 0.5) is 15.9 Å². The Kier molecular flexibility index (Phi) is 5.93. The van der Waals surface area contributed by atoms with E-state index >= 15 is 0 Å². The van der Waals surface area contributed by atoms with Crippen molar-refractivity contribution in [2.75, 3.05) is 5.32 Å². The normalized spacial score (nSPS) is 22.0. The van der Waals surface area contributed by atoms with Crippen LogP contribution in [0.3, 0.4) is 0 Å². The molecule has 1 saturated heterocycles. The van der Waals surface area contributed by atoms with Gasteiger partial charge in [-0.25, -0.2) is 19.3 Å². The predicted molar refractivity (Wildman–Crippen MR) is 114 cm³/mol. The number of aryl methyl sites for hydroxylation is 1. The summed E-state index contributed by atoms with van der Waals surface area (Å²) in [5, 5.41) is 3.12. The summed E-state index contributed by atoms with van der Waals surface area (Å²) in [4.78, 5) is 36.3. The van der Waals surface area contributed by atoms with Crippen molar-refractivity contribution in [3.63, 3.8) is 0 Å².